The quantitative estimate of drug-likeness (QED) is 0.153. The largest absolute Gasteiger partial charge is 0.460 e. The molecule has 14 heteroatoms. The van der Waals surface area contributed by atoms with E-state index in [-0.39, 0.29) is 61.2 Å². The van der Waals surface area contributed by atoms with Crippen molar-refractivity contribution >= 4 is 29.2 Å². The van der Waals surface area contributed by atoms with Crippen LogP contribution in [0, 0.1) is 35.5 Å². The van der Waals surface area contributed by atoms with E-state index in [1.165, 1.54) is 7.11 Å². The van der Waals surface area contributed by atoms with Crippen LogP contribution in [-0.2, 0) is 42.9 Å². The number of cyclic esters (lactones) is 1. The summed E-state index contributed by atoms with van der Waals surface area (Å²) in [5.41, 5.74) is 1.000. The third kappa shape index (κ3) is 13.8. The van der Waals surface area contributed by atoms with E-state index in [2.05, 4.69) is 0 Å². The summed E-state index contributed by atoms with van der Waals surface area (Å²) in [5.74, 6) is -8.24. The molecule has 4 N–H and O–H groups in total. The van der Waals surface area contributed by atoms with Gasteiger partial charge in [-0.2, -0.15) is 0 Å². The number of rotatable bonds is 5. The maximum atomic E-state index is 14.3. The second-order valence-corrected chi connectivity index (χ2v) is 19.4. The second kappa shape index (κ2) is 24.4. The summed E-state index contributed by atoms with van der Waals surface area (Å²) in [6.45, 7) is 12.5. The van der Waals surface area contributed by atoms with Gasteiger partial charge in [0.1, 0.15) is 30.1 Å². The SMILES string of the molecule is CO[C@@H]1C[C@H](C[C@@H](C)[C@@H]2CC(=O)[C@H](C)/C=C(\C)[C@@H](O)[C@@H](OC)C(=O)[C@H](C)C[C@H](C)\C=C/C=C/C=C(\C)[C@@H](O)C[C@@H]3CC[C@@H](C)[C@@](O)(O3)C(=O)C(=O)N3CCCC[C@H]3C(=O)O2)CC[C@H]1O. The number of esters is 1. The van der Waals surface area contributed by atoms with E-state index < -0.39 is 83.9 Å². The van der Waals surface area contributed by atoms with Crippen molar-refractivity contribution in [1.29, 1.82) is 0 Å². The Morgan fingerprint density at radius 1 is 0.859 bits per heavy atom. The Balaban J connectivity index is 1.69. The Bertz CT molecular complexity index is 1740. The van der Waals surface area contributed by atoms with Crippen molar-refractivity contribution < 1.29 is 63.3 Å². The minimum atomic E-state index is -2.48. The van der Waals surface area contributed by atoms with Crippen molar-refractivity contribution in [3.8, 4) is 0 Å². The zero-order valence-electron chi connectivity index (χ0n) is 39.6. The van der Waals surface area contributed by atoms with E-state index >= 15 is 0 Å². The summed E-state index contributed by atoms with van der Waals surface area (Å²) in [7, 11) is 2.93. The number of aliphatic hydroxyl groups excluding tert-OH is 3. The topological polar surface area (TPSA) is 206 Å². The van der Waals surface area contributed by atoms with Gasteiger partial charge in [0.05, 0.1) is 24.4 Å². The van der Waals surface area contributed by atoms with E-state index in [1.54, 1.807) is 60.0 Å². The molecule has 3 aliphatic heterocycles. The van der Waals surface area contributed by atoms with E-state index in [9.17, 15) is 44.4 Å². The Labute approximate surface area is 380 Å². The predicted molar refractivity (Wildman–Crippen MR) is 240 cm³/mol. The molecule has 360 valence electrons. The predicted octanol–water partition coefficient (Wildman–Crippen LogP) is 5.53. The Morgan fingerprint density at radius 3 is 2.27 bits per heavy atom. The lowest BCUT2D eigenvalue weighted by Crippen LogP contribution is -2.61. The first-order valence-corrected chi connectivity index (χ1v) is 23.5. The monoisotopic (exact) mass is 900 g/mol. The highest BCUT2D eigenvalue weighted by Crippen LogP contribution is 2.37. The van der Waals surface area contributed by atoms with Crippen molar-refractivity contribution in [1.82, 2.24) is 4.90 Å². The minimum absolute atomic E-state index is 0.00489. The van der Waals surface area contributed by atoms with Gasteiger partial charge in [0.2, 0.25) is 5.79 Å². The van der Waals surface area contributed by atoms with Gasteiger partial charge in [0.25, 0.3) is 11.7 Å². The standard InChI is InChI=1S/C50H77NO13/c1-29-15-11-10-12-16-30(2)40(53)27-37-20-18-35(7)50(60,64-37)47(57)48(58)51-22-14-13-17-38(51)49(59)63-42(32(4)25-36-19-21-39(52)43(26-36)61-8)28-41(54)31(3)24-34(6)45(56)46(62-9)44(55)33(5)23-29/h10-12,15-16,24,29,31-33,35-40,42-43,45-46,52-53,56,60H,13-14,17-23,25-28H2,1-9H3/b12-10+,15-11-,30-16+,34-24+/t29-,31-,32-,33-,35-,36+,37+,38+,39-,40+,42+,43-,45-,46+,50-/m1/s1. The molecule has 0 aromatic heterocycles. The van der Waals surface area contributed by atoms with E-state index in [1.807, 2.05) is 32.1 Å². The number of ketones is 3. The van der Waals surface area contributed by atoms with Gasteiger partial charge < -0.3 is 44.3 Å². The first-order chi connectivity index (χ1) is 30.2. The van der Waals surface area contributed by atoms with Crippen molar-refractivity contribution in [3.05, 3.63) is 47.6 Å². The zero-order valence-corrected chi connectivity index (χ0v) is 39.6. The number of carbonyl (C=O) groups excluding carboxylic acids is 5. The molecular formula is C50H77NO13. The van der Waals surface area contributed by atoms with Crippen LogP contribution in [-0.4, -0.2) is 130 Å². The second-order valence-electron chi connectivity index (χ2n) is 19.4. The minimum Gasteiger partial charge on any atom is -0.460 e. The fourth-order valence-electron chi connectivity index (χ4n) is 9.85. The normalized spacial score (nSPS) is 40.9. The highest BCUT2D eigenvalue weighted by Gasteiger charge is 2.53. The highest BCUT2D eigenvalue weighted by molar-refractivity contribution is 6.39. The molecule has 1 aliphatic carbocycles. The summed E-state index contributed by atoms with van der Waals surface area (Å²) in [6.07, 6.45) is 9.53. The first kappa shape index (κ1) is 53.2. The Kier molecular flexibility index (Phi) is 20.3. The number of Topliss-reactive ketones (excluding diaryl/α,β-unsaturated/α-hetero) is 3. The average Bonchev–Trinajstić information content (AvgIpc) is 3.26. The Morgan fingerprint density at radius 2 is 1.58 bits per heavy atom. The van der Waals surface area contributed by atoms with Gasteiger partial charge in [-0.1, -0.05) is 71.1 Å². The average molecular weight is 900 g/mol. The lowest BCUT2D eigenvalue weighted by atomic mass is 9.78. The molecule has 4 aliphatic rings. The van der Waals surface area contributed by atoms with Gasteiger partial charge in [-0.25, -0.2) is 4.79 Å². The number of methoxy groups -OCH3 is 2. The van der Waals surface area contributed by atoms with Crippen LogP contribution < -0.4 is 0 Å². The number of amides is 1. The lowest BCUT2D eigenvalue weighted by Gasteiger charge is -2.42. The maximum absolute atomic E-state index is 14.3. The summed E-state index contributed by atoms with van der Waals surface area (Å²) >= 11 is 0. The summed E-state index contributed by atoms with van der Waals surface area (Å²) in [5, 5.41) is 44.8. The number of ether oxygens (including phenoxy) is 4. The molecule has 0 spiro atoms. The van der Waals surface area contributed by atoms with Gasteiger partial charge in [0.15, 0.2) is 5.78 Å². The molecule has 4 rings (SSSR count). The number of fused-ring (bicyclic) bond motifs is 3. The van der Waals surface area contributed by atoms with Crippen LogP contribution in [0.4, 0.5) is 0 Å². The smallest absolute Gasteiger partial charge is 0.329 e. The van der Waals surface area contributed by atoms with Crippen LogP contribution in [0.1, 0.15) is 126 Å². The van der Waals surface area contributed by atoms with Crippen LogP contribution >= 0.6 is 0 Å². The molecule has 64 heavy (non-hydrogen) atoms. The molecule has 14 nitrogen and oxygen atoms in total. The van der Waals surface area contributed by atoms with Crippen molar-refractivity contribution in [2.75, 3.05) is 20.8 Å². The van der Waals surface area contributed by atoms with Crippen molar-refractivity contribution in [2.45, 2.75) is 180 Å². The van der Waals surface area contributed by atoms with Crippen LogP contribution in [0.3, 0.4) is 0 Å². The fraction of sp³-hybridized carbons (Fsp3) is 0.740. The number of piperidine rings is 1. The molecule has 0 aromatic carbocycles. The zero-order chi connectivity index (χ0) is 47.5. The maximum Gasteiger partial charge on any atom is 0.329 e. The summed E-state index contributed by atoms with van der Waals surface area (Å²) < 4.78 is 23.3. The lowest BCUT2D eigenvalue weighted by molar-refractivity contribution is -0.265. The molecule has 0 radical (unpaired) electrons. The Hall–Kier alpha value is -3.37. The molecule has 3 heterocycles. The number of carbonyl (C=O) groups is 5. The van der Waals surface area contributed by atoms with Crippen molar-refractivity contribution in [2.24, 2.45) is 35.5 Å². The van der Waals surface area contributed by atoms with E-state index in [0.717, 1.165) is 4.90 Å². The van der Waals surface area contributed by atoms with E-state index in [0.29, 0.717) is 68.9 Å². The van der Waals surface area contributed by atoms with Gasteiger partial charge in [-0.3, -0.25) is 19.2 Å². The highest BCUT2D eigenvalue weighted by atomic mass is 16.6. The van der Waals surface area contributed by atoms with Crippen LogP contribution in [0.25, 0.3) is 0 Å². The number of hydrogen-bond acceptors (Lipinski definition) is 13. The number of nitrogens with zero attached hydrogens (tertiary/aromatic N) is 1. The van der Waals surface area contributed by atoms with Gasteiger partial charge in [0, 0.05) is 51.4 Å². The fourth-order valence-corrected chi connectivity index (χ4v) is 9.85. The molecule has 0 unspecified atom stereocenters. The molecule has 15 atom stereocenters. The molecule has 0 aromatic rings. The third-order valence-corrected chi connectivity index (χ3v) is 14.2. The molecular weight excluding hydrogens is 823 g/mol. The van der Waals surface area contributed by atoms with E-state index in [4.69, 9.17) is 18.9 Å². The van der Waals surface area contributed by atoms with Gasteiger partial charge >= 0.3 is 5.97 Å². The van der Waals surface area contributed by atoms with Crippen molar-refractivity contribution in [3.63, 3.8) is 0 Å². The molecule has 1 saturated carbocycles. The van der Waals surface area contributed by atoms with Crippen LogP contribution in [0.2, 0.25) is 0 Å². The van der Waals surface area contributed by atoms with Crippen LogP contribution in [0.5, 0.6) is 0 Å². The number of hydrogen-bond donors (Lipinski definition) is 4. The molecule has 3 fully saturated rings. The molecule has 2 saturated heterocycles. The summed E-state index contributed by atoms with van der Waals surface area (Å²) in [6, 6.07) is -1.16. The number of allylic oxidation sites excluding steroid dienone is 6. The van der Waals surface area contributed by atoms with Gasteiger partial charge in [-0.05, 0) is 107 Å². The molecule has 1 amide bonds. The molecule has 2 bridgehead atoms. The van der Waals surface area contributed by atoms with Crippen LogP contribution in [0.15, 0.2) is 47.6 Å². The first-order valence-electron chi connectivity index (χ1n) is 23.5. The number of aliphatic hydroxyl groups is 4. The van der Waals surface area contributed by atoms with Gasteiger partial charge in [-0.15, -0.1) is 0 Å². The third-order valence-electron chi connectivity index (χ3n) is 14.2. The summed E-state index contributed by atoms with van der Waals surface area (Å²) in [4.78, 5) is 71.4.